The van der Waals surface area contributed by atoms with E-state index in [2.05, 4.69) is 32.3 Å². The molecule has 0 saturated carbocycles. The van der Waals surface area contributed by atoms with E-state index in [4.69, 9.17) is 0 Å². The van der Waals surface area contributed by atoms with Gasteiger partial charge < -0.3 is 5.32 Å². The number of aromatic nitrogens is 1. The van der Waals surface area contributed by atoms with Gasteiger partial charge in [-0.1, -0.05) is 52.3 Å². The Labute approximate surface area is 147 Å². The molecule has 112 valence electrons. The monoisotopic (exact) mass is 381 g/mol. The average Bonchev–Trinajstić information content (AvgIpc) is 3.06. The van der Waals surface area contributed by atoms with Crippen LogP contribution in [-0.2, 0) is 0 Å². The summed E-state index contributed by atoms with van der Waals surface area (Å²) in [7, 11) is 0. The van der Waals surface area contributed by atoms with Crippen molar-refractivity contribution in [2.24, 2.45) is 0 Å². The number of allylic oxidation sites excluding steroid dienone is 1. The van der Waals surface area contributed by atoms with E-state index in [1.54, 1.807) is 6.20 Å². The van der Waals surface area contributed by atoms with Crippen LogP contribution in [0, 0.1) is 11.3 Å². The lowest BCUT2D eigenvalue weighted by molar-refractivity contribution is 1.36. The predicted octanol–water partition coefficient (Wildman–Crippen LogP) is 5.55. The molecule has 23 heavy (non-hydrogen) atoms. The zero-order valence-electron chi connectivity index (χ0n) is 12.0. The van der Waals surface area contributed by atoms with Crippen molar-refractivity contribution >= 4 is 38.5 Å². The minimum Gasteiger partial charge on any atom is -0.360 e. The van der Waals surface area contributed by atoms with Gasteiger partial charge in [-0.3, -0.25) is 0 Å². The topological polar surface area (TPSA) is 48.7 Å². The number of hydrogen-bond donors (Lipinski definition) is 1. The summed E-state index contributed by atoms with van der Waals surface area (Å²) in [6.07, 6.45) is 1.69. The first kappa shape index (κ1) is 15.5. The normalized spacial score (nSPS) is 11.0. The van der Waals surface area contributed by atoms with Crippen molar-refractivity contribution in [2.75, 3.05) is 5.32 Å². The summed E-state index contributed by atoms with van der Waals surface area (Å²) in [5, 5.41) is 15.2. The molecule has 0 bridgehead atoms. The van der Waals surface area contributed by atoms with E-state index >= 15 is 0 Å². The van der Waals surface area contributed by atoms with Crippen LogP contribution in [0.1, 0.15) is 5.01 Å². The van der Waals surface area contributed by atoms with Gasteiger partial charge in [0.15, 0.2) is 0 Å². The maximum Gasteiger partial charge on any atom is 0.136 e. The largest absolute Gasteiger partial charge is 0.360 e. The molecule has 1 heterocycles. The third-order valence-electron chi connectivity index (χ3n) is 3.13. The Morgan fingerprint density at radius 2 is 2.00 bits per heavy atom. The van der Waals surface area contributed by atoms with Crippen LogP contribution in [-0.4, -0.2) is 4.98 Å². The minimum atomic E-state index is 0.511. The minimum absolute atomic E-state index is 0.511. The Kier molecular flexibility index (Phi) is 4.86. The second-order valence-corrected chi connectivity index (χ2v) is 6.50. The maximum atomic E-state index is 9.39. The summed E-state index contributed by atoms with van der Waals surface area (Å²) in [5.74, 6) is 0. The molecule has 0 fully saturated rings. The second-order valence-electron chi connectivity index (χ2n) is 4.73. The number of hydrogen-bond acceptors (Lipinski definition) is 4. The van der Waals surface area contributed by atoms with Crippen molar-refractivity contribution in [2.45, 2.75) is 0 Å². The molecule has 2 aromatic carbocycles. The van der Waals surface area contributed by atoms with Gasteiger partial charge in [-0.15, -0.1) is 11.3 Å². The van der Waals surface area contributed by atoms with Crippen molar-refractivity contribution < 1.29 is 0 Å². The Morgan fingerprint density at radius 1 is 1.17 bits per heavy atom. The second kappa shape index (κ2) is 7.23. The molecule has 0 unspecified atom stereocenters. The van der Waals surface area contributed by atoms with Crippen molar-refractivity contribution in [3.63, 3.8) is 0 Å². The van der Waals surface area contributed by atoms with Gasteiger partial charge in [0.25, 0.3) is 0 Å². The highest BCUT2D eigenvalue weighted by atomic mass is 79.9. The van der Waals surface area contributed by atoms with E-state index in [0.29, 0.717) is 10.6 Å². The van der Waals surface area contributed by atoms with Gasteiger partial charge >= 0.3 is 0 Å². The Morgan fingerprint density at radius 3 is 2.74 bits per heavy atom. The molecule has 0 saturated heterocycles. The van der Waals surface area contributed by atoms with Crippen molar-refractivity contribution in [1.82, 2.24) is 4.98 Å². The van der Waals surface area contributed by atoms with Crippen molar-refractivity contribution in [1.29, 1.82) is 5.26 Å². The average molecular weight is 382 g/mol. The van der Waals surface area contributed by atoms with Crippen LogP contribution >= 0.6 is 27.3 Å². The number of halogens is 1. The van der Waals surface area contributed by atoms with Gasteiger partial charge in [0, 0.05) is 27.3 Å². The number of nitrogens with one attached hydrogen (secondary N) is 1. The van der Waals surface area contributed by atoms with Gasteiger partial charge in [0.2, 0.25) is 0 Å². The molecule has 3 nitrogen and oxygen atoms in total. The summed E-state index contributed by atoms with van der Waals surface area (Å²) in [4.78, 5) is 4.56. The standard InChI is InChI=1S/C18H12BrN3S/c19-15-7-4-8-16(9-15)21-11-14(10-20)18-22-17(12-23-18)13-5-2-1-3-6-13/h1-9,11-12,21H/b14-11-. The van der Waals surface area contributed by atoms with E-state index in [-0.39, 0.29) is 0 Å². The highest BCUT2D eigenvalue weighted by Gasteiger charge is 2.08. The van der Waals surface area contributed by atoms with Gasteiger partial charge in [0.05, 0.1) is 5.69 Å². The lowest BCUT2D eigenvalue weighted by Gasteiger charge is -2.01. The molecule has 0 amide bonds. The van der Waals surface area contributed by atoms with Crippen molar-refractivity contribution in [3.8, 4) is 17.3 Å². The van der Waals surface area contributed by atoms with E-state index in [1.165, 1.54) is 11.3 Å². The highest BCUT2D eigenvalue weighted by Crippen LogP contribution is 2.26. The smallest absolute Gasteiger partial charge is 0.136 e. The fourth-order valence-electron chi connectivity index (χ4n) is 2.01. The zero-order valence-corrected chi connectivity index (χ0v) is 14.4. The first-order valence-electron chi connectivity index (χ1n) is 6.90. The van der Waals surface area contributed by atoms with Gasteiger partial charge in [-0.25, -0.2) is 4.98 Å². The van der Waals surface area contributed by atoms with Crippen LogP contribution in [0.4, 0.5) is 5.69 Å². The number of thiazole rings is 1. The summed E-state index contributed by atoms with van der Waals surface area (Å²) in [6.45, 7) is 0. The van der Waals surface area contributed by atoms with Gasteiger partial charge in [-0.05, 0) is 18.2 Å². The molecule has 0 aliphatic heterocycles. The first-order chi connectivity index (χ1) is 11.3. The van der Waals surface area contributed by atoms with Crippen LogP contribution in [0.25, 0.3) is 16.8 Å². The quantitative estimate of drug-likeness (QED) is 0.602. The summed E-state index contributed by atoms with van der Waals surface area (Å²) in [6, 6.07) is 19.9. The van der Waals surface area contributed by atoms with E-state index in [1.807, 2.05) is 60.0 Å². The Balaban J connectivity index is 1.83. The van der Waals surface area contributed by atoms with E-state index in [0.717, 1.165) is 21.4 Å². The zero-order chi connectivity index (χ0) is 16.1. The SMILES string of the molecule is N#C/C(=C/Nc1cccc(Br)c1)c1nc(-c2ccccc2)cs1. The molecule has 3 rings (SSSR count). The lowest BCUT2D eigenvalue weighted by Crippen LogP contribution is -1.91. The molecule has 0 aliphatic rings. The molecule has 0 atom stereocenters. The first-order valence-corrected chi connectivity index (χ1v) is 8.57. The van der Waals surface area contributed by atoms with Gasteiger partial charge in [0.1, 0.15) is 16.6 Å². The van der Waals surface area contributed by atoms with Crippen LogP contribution in [0.3, 0.4) is 0 Å². The molecule has 0 spiro atoms. The number of rotatable bonds is 4. The maximum absolute atomic E-state index is 9.39. The van der Waals surface area contributed by atoms with Crippen molar-refractivity contribution in [3.05, 3.63) is 75.7 Å². The molecular weight excluding hydrogens is 370 g/mol. The van der Waals surface area contributed by atoms with Crippen LogP contribution < -0.4 is 5.32 Å². The molecule has 0 radical (unpaired) electrons. The molecule has 5 heteroatoms. The molecule has 3 aromatic rings. The summed E-state index contributed by atoms with van der Waals surface area (Å²) >= 11 is 4.89. The van der Waals surface area contributed by atoms with E-state index in [9.17, 15) is 5.26 Å². The fourth-order valence-corrected chi connectivity index (χ4v) is 3.21. The number of anilines is 1. The third-order valence-corrected chi connectivity index (χ3v) is 4.50. The molecule has 1 aromatic heterocycles. The number of benzene rings is 2. The molecule has 1 N–H and O–H groups in total. The lowest BCUT2D eigenvalue weighted by atomic mass is 10.2. The Bertz CT molecular complexity index is 879. The van der Waals surface area contributed by atoms with Gasteiger partial charge in [-0.2, -0.15) is 5.26 Å². The van der Waals surface area contributed by atoms with Crippen LogP contribution in [0.15, 0.2) is 70.7 Å². The molecule has 0 aliphatic carbocycles. The van der Waals surface area contributed by atoms with Crippen LogP contribution in [0.5, 0.6) is 0 Å². The highest BCUT2D eigenvalue weighted by molar-refractivity contribution is 9.10. The van der Waals surface area contributed by atoms with Crippen LogP contribution in [0.2, 0.25) is 0 Å². The predicted molar refractivity (Wildman–Crippen MR) is 98.9 cm³/mol. The van der Waals surface area contributed by atoms with E-state index < -0.39 is 0 Å². The third kappa shape index (κ3) is 3.86. The summed E-state index contributed by atoms with van der Waals surface area (Å²) in [5.41, 5.74) is 3.35. The number of nitrogens with zero attached hydrogens (tertiary/aromatic N) is 2. The fraction of sp³-hybridized carbons (Fsp3) is 0. The molecular formula is C18H12BrN3S. The summed E-state index contributed by atoms with van der Waals surface area (Å²) < 4.78 is 0.982. The Hall–Kier alpha value is -2.42. The number of nitriles is 1.